The molecule has 0 saturated heterocycles. The highest BCUT2D eigenvalue weighted by atomic mass is 32.2. The van der Waals surface area contributed by atoms with E-state index in [1.165, 1.54) is 0 Å². The van der Waals surface area contributed by atoms with E-state index in [2.05, 4.69) is 26.1 Å². The zero-order chi connectivity index (χ0) is 17.2. The first kappa shape index (κ1) is 19.4. The predicted octanol–water partition coefficient (Wildman–Crippen LogP) is 2.59. The van der Waals surface area contributed by atoms with Crippen molar-refractivity contribution in [1.82, 2.24) is 5.32 Å². The topological polar surface area (TPSA) is 75.6 Å². The molecular weight excluding hydrogens is 314 g/mol. The quantitative estimate of drug-likeness (QED) is 0.685. The Hall–Kier alpha value is -1.69. The lowest BCUT2D eigenvalue weighted by Gasteiger charge is -2.19. The van der Waals surface area contributed by atoms with Crippen molar-refractivity contribution in [2.24, 2.45) is 5.92 Å². The third kappa shape index (κ3) is 7.41. The average Bonchev–Trinajstić information content (AvgIpc) is 2.51. The number of benzene rings is 1. The fourth-order valence-corrected chi connectivity index (χ4v) is 3.06. The second-order valence-corrected chi connectivity index (χ2v) is 6.91. The van der Waals surface area contributed by atoms with Gasteiger partial charge in [0.15, 0.2) is 6.61 Å². The molecule has 0 bridgehead atoms. The van der Waals surface area contributed by atoms with Crippen molar-refractivity contribution in [3.8, 4) is 5.75 Å². The van der Waals surface area contributed by atoms with Gasteiger partial charge in [0.25, 0.3) is 0 Å². The molecule has 0 saturated carbocycles. The van der Waals surface area contributed by atoms with E-state index < -0.39 is 5.97 Å². The molecule has 0 fully saturated rings. The van der Waals surface area contributed by atoms with Gasteiger partial charge in [-0.25, -0.2) is 4.79 Å². The lowest BCUT2D eigenvalue weighted by Crippen LogP contribution is -2.37. The van der Waals surface area contributed by atoms with Gasteiger partial charge < -0.3 is 15.2 Å². The normalized spacial score (nSPS) is 12.0. The van der Waals surface area contributed by atoms with Crippen LogP contribution in [0.2, 0.25) is 0 Å². The maximum Gasteiger partial charge on any atom is 0.341 e. The van der Waals surface area contributed by atoms with Crippen LogP contribution in [0.1, 0.15) is 26.3 Å². The molecule has 0 aromatic heterocycles. The largest absolute Gasteiger partial charge is 0.482 e. The Balaban J connectivity index is 2.40. The van der Waals surface area contributed by atoms with Gasteiger partial charge in [0.1, 0.15) is 5.75 Å². The van der Waals surface area contributed by atoms with E-state index in [-0.39, 0.29) is 17.8 Å². The van der Waals surface area contributed by atoms with Gasteiger partial charge in [-0.15, -0.1) is 11.8 Å². The second kappa shape index (κ2) is 10.2. The van der Waals surface area contributed by atoms with Crippen molar-refractivity contribution >= 4 is 23.6 Å². The molecule has 1 rings (SSSR count). The van der Waals surface area contributed by atoms with Crippen molar-refractivity contribution in [3.63, 3.8) is 0 Å². The molecule has 2 N–H and O–H groups in total. The molecule has 0 aliphatic rings. The number of ether oxygens (including phenoxy) is 1. The van der Waals surface area contributed by atoms with Crippen LogP contribution in [-0.2, 0) is 16.0 Å². The SMILES string of the molecule is CCSC(C(=O)NCCc1ccc(OCC(=O)O)cc1)C(C)C. The molecule has 6 heteroatoms. The van der Waals surface area contributed by atoms with Crippen molar-refractivity contribution in [2.45, 2.75) is 32.4 Å². The molecule has 23 heavy (non-hydrogen) atoms. The smallest absolute Gasteiger partial charge is 0.341 e. The van der Waals surface area contributed by atoms with Crippen LogP contribution in [0.3, 0.4) is 0 Å². The van der Waals surface area contributed by atoms with Crippen LogP contribution in [0.25, 0.3) is 0 Å². The van der Waals surface area contributed by atoms with E-state index in [1.807, 2.05) is 12.1 Å². The fourth-order valence-electron chi connectivity index (χ4n) is 2.08. The van der Waals surface area contributed by atoms with Gasteiger partial charge in [-0.3, -0.25) is 4.79 Å². The minimum absolute atomic E-state index is 0.00760. The Morgan fingerprint density at radius 2 is 1.91 bits per heavy atom. The number of nitrogens with one attached hydrogen (secondary N) is 1. The van der Waals surface area contributed by atoms with Gasteiger partial charge in [-0.2, -0.15) is 0 Å². The number of rotatable bonds is 10. The van der Waals surface area contributed by atoms with E-state index in [0.717, 1.165) is 17.7 Å². The first-order valence-corrected chi connectivity index (χ1v) is 8.81. The van der Waals surface area contributed by atoms with E-state index in [9.17, 15) is 9.59 Å². The van der Waals surface area contributed by atoms with Crippen LogP contribution in [0.4, 0.5) is 0 Å². The summed E-state index contributed by atoms with van der Waals surface area (Å²) < 4.78 is 5.08. The Kier molecular flexibility index (Phi) is 8.55. The molecule has 0 aliphatic carbocycles. The summed E-state index contributed by atoms with van der Waals surface area (Å²) in [5.74, 6) is 0.855. The first-order chi connectivity index (χ1) is 10.9. The van der Waals surface area contributed by atoms with Crippen LogP contribution in [0.5, 0.6) is 5.75 Å². The standard InChI is InChI=1S/C17H25NO4S/c1-4-23-16(12(2)3)17(21)18-10-9-13-5-7-14(8-6-13)22-11-15(19)20/h5-8,12,16H,4,9-11H2,1-3H3,(H,18,21)(H,19,20). The highest BCUT2D eigenvalue weighted by molar-refractivity contribution is 8.00. The fraction of sp³-hybridized carbons (Fsp3) is 0.529. The van der Waals surface area contributed by atoms with Gasteiger partial charge in [0.05, 0.1) is 5.25 Å². The third-order valence-corrected chi connectivity index (χ3v) is 4.66. The third-order valence-electron chi connectivity index (χ3n) is 3.21. The molecular formula is C17H25NO4S. The van der Waals surface area contributed by atoms with Crippen molar-refractivity contribution in [2.75, 3.05) is 18.9 Å². The minimum atomic E-state index is -0.999. The van der Waals surface area contributed by atoms with Crippen LogP contribution < -0.4 is 10.1 Å². The minimum Gasteiger partial charge on any atom is -0.482 e. The predicted molar refractivity (Wildman–Crippen MR) is 93.0 cm³/mol. The molecule has 1 unspecified atom stereocenters. The molecule has 0 aliphatic heterocycles. The van der Waals surface area contributed by atoms with E-state index >= 15 is 0 Å². The molecule has 5 nitrogen and oxygen atoms in total. The number of aliphatic carboxylic acids is 1. The van der Waals surface area contributed by atoms with Crippen molar-refractivity contribution < 1.29 is 19.4 Å². The molecule has 1 atom stereocenters. The van der Waals surface area contributed by atoms with Gasteiger partial charge in [-0.1, -0.05) is 32.9 Å². The van der Waals surface area contributed by atoms with Gasteiger partial charge in [0, 0.05) is 6.54 Å². The number of carbonyl (C=O) groups is 2. The Bertz CT molecular complexity index is 502. The highest BCUT2D eigenvalue weighted by Gasteiger charge is 2.21. The van der Waals surface area contributed by atoms with Crippen LogP contribution >= 0.6 is 11.8 Å². The maximum absolute atomic E-state index is 12.2. The number of carboxylic acid groups (broad SMARTS) is 1. The maximum atomic E-state index is 12.2. The summed E-state index contributed by atoms with van der Waals surface area (Å²) >= 11 is 1.67. The molecule has 1 aromatic rings. The number of carboxylic acids is 1. The Morgan fingerprint density at radius 1 is 1.26 bits per heavy atom. The number of hydrogen-bond donors (Lipinski definition) is 2. The number of hydrogen-bond acceptors (Lipinski definition) is 4. The molecule has 0 spiro atoms. The summed E-state index contributed by atoms with van der Waals surface area (Å²) in [5, 5.41) is 11.5. The summed E-state index contributed by atoms with van der Waals surface area (Å²) in [5.41, 5.74) is 1.07. The zero-order valence-corrected chi connectivity index (χ0v) is 14.7. The monoisotopic (exact) mass is 339 g/mol. The zero-order valence-electron chi connectivity index (χ0n) is 13.9. The average molecular weight is 339 g/mol. The van der Waals surface area contributed by atoms with Crippen molar-refractivity contribution in [1.29, 1.82) is 0 Å². The molecule has 0 radical (unpaired) electrons. The van der Waals surface area contributed by atoms with Crippen molar-refractivity contribution in [3.05, 3.63) is 29.8 Å². The summed E-state index contributed by atoms with van der Waals surface area (Å²) in [6.07, 6.45) is 0.729. The van der Waals surface area contributed by atoms with E-state index in [4.69, 9.17) is 9.84 Å². The summed E-state index contributed by atoms with van der Waals surface area (Å²) in [6, 6.07) is 7.24. The first-order valence-electron chi connectivity index (χ1n) is 7.76. The van der Waals surface area contributed by atoms with Gasteiger partial charge in [-0.05, 0) is 35.8 Å². The second-order valence-electron chi connectivity index (χ2n) is 5.49. The number of thioether (sulfide) groups is 1. The number of carbonyl (C=O) groups excluding carboxylic acids is 1. The number of amides is 1. The Labute approximate surface area is 141 Å². The molecule has 128 valence electrons. The molecule has 0 heterocycles. The lowest BCUT2D eigenvalue weighted by molar-refractivity contribution is -0.139. The van der Waals surface area contributed by atoms with Crippen LogP contribution in [0.15, 0.2) is 24.3 Å². The van der Waals surface area contributed by atoms with Crippen LogP contribution in [0, 0.1) is 5.92 Å². The lowest BCUT2D eigenvalue weighted by atomic mass is 10.1. The molecule has 1 amide bonds. The van der Waals surface area contributed by atoms with E-state index in [0.29, 0.717) is 18.2 Å². The Morgan fingerprint density at radius 3 is 2.43 bits per heavy atom. The summed E-state index contributed by atoms with van der Waals surface area (Å²) in [7, 11) is 0. The van der Waals surface area contributed by atoms with E-state index in [1.54, 1.807) is 23.9 Å². The highest BCUT2D eigenvalue weighted by Crippen LogP contribution is 2.19. The van der Waals surface area contributed by atoms with Gasteiger partial charge in [0.2, 0.25) is 5.91 Å². The summed E-state index contributed by atoms with van der Waals surface area (Å²) in [6.45, 7) is 6.41. The molecule has 1 aromatic carbocycles. The van der Waals surface area contributed by atoms with Gasteiger partial charge >= 0.3 is 5.97 Å². The summed E-state index contributed by atoms with van der Waals surface area (Å²) in [4.78, 5) is 22.6. The van der Waals surface area contributed by atoms with Crippen LogP contribution in [-0.4, -0.2) is 41.1 Å².